The van der Waals surface area contributed by atoms with Gasteiger partial charge in [-0.25, -0.2) is 4.98 Å². The van der Waals surface area contributed by atoms with E-state index >= 15 is 0 Å². The van der Waals surface area contributed by atoms with Gasteiger partial charge in [-0.3, -0.25) is 4.79 Å². The number of carbonyl (C=O) groups excluding carboxylic acids is 1. The molecule has 6 heteroatoms. The van der Waals surface area contributed by atoms with Crippen LogP contribution in [0, 0.1) is 17.2 Å². The van der Waals surface area contributed by atoms with E-state index in [9.17, 15) is 10.1 Å². The molecule has 116 valence electrons. The summed E-state index contributed by atoms with van der Waals surface area (Å²) in [6.45, 7) is 7.31. The third-order valence-corrected chi connectivity index (χ3v) is 4.63. The lowest BCUT2D eigenvalue weighted by molar-refractivity contribution is -0.121. The summed E-state index contributed by atoms with van der Waals surface area (Å²) in [6, 6.07) is 9.62. The highest BCUT2D eigenvalue weighted by atomic mass is 32.2. The summed E-state index contributed by atoms with van der Waals surface area (Å²) in [5.74, 6) is -0.187. The highest BCUT2D eigenvalue weighted by molar-refractivity contribution is 8.00. The largest absolute Gasteiger partial charge is 0.431 e. The van der Waals surface area contributed by atoms with Crippen molar-refractivity contribution < 1.29 is 9.21 Å². The van der Waals surface area contributed by atoms with Crippen molar-refractivity contribution >= 4 is 28.8 Å². The monoisotopic (exact) mass is 317 g/mol. The third-order valence-electron chi connectivity index (χ3n) is 3.69. The molecule has 5 nitrogen and oxygen atoms in total. The van der Waals surface area contributed by atoms with E-state index in [0.717, 1.165) is 5.52 Å². The molecule has 0 unspecified atom stereocenters. The van der Waals surface area contributed by atoms with Crippen LogP contribution in [0.2, 0.25) is 0 Å². The molecule has 1 heterocycles. The Balaban J connectivity index is 2.07. The summed E-state index contributed by atoms with van der Waals surface area (Å²) >= 11 is 1.24. The molecule has 0 aliphatic carbocycles. The molecule has 1 N–H and O–H groups in total. The first-order valence-electron chi connectivity index (χ1n) is 7.11. The molecule has 2 aromatic rings. The number of thioether (sulfide) groups is 1. The molecule has 2 rings (SSSR count). The van der Waals surface area contributed by atoms with E-state index in [1.165, 1.54) is 11.8 Å². The van der Waals surface area contributed by atoms with Crippen LogP contribution < -0.4 is 5.32 Å². The number of nitrogens with zero attached hydrogens (tertiary/aromatic N) is 2. The minimum Gasteiger partial charge on any atom is -0.431 e. The number of aromatic nitrogens is 1. The van der Waals surface area contributed by atoms with Gasteiger partial charge in [-0.2, -0.15) is 5.26 Å². The van der Waals surface area contributed by atoms with Crippen molar-refractivity contribution in [2.45, 2.75) is 43.7 Å². The summed E-state index contributed by atoms with van der Waals surface area (Å²) in [6.07, 6.45) is 0. The molecule has 0 aliphatic rings. The highest BCUT2D eigenvalue weighted by Gasteiger charge is 2.32. The summed E-state index contributed by atoms with van der Waals surface area (Å²) in [7, 11) is 0. The number of rotatable bonds is 5. The highest BCUT2D eigenvalue weighted by Crippen LogP contribution is 2.27. The lowest BCUT2D eigenvalue weighted by atomic mass is 9.90. The molecule has 0 spiro atoms. The molecule has 0 radical (unpaired) electrons. The average molecular weight is 317 g/mol. The third kappa shape index (κ3) is 3.42. The van der Waals surface area contributed by atoms with Crippen LogP contribution in [0.3, 0.4) is 0 Å². The molecule has 0 aliphatic heterocycles. The summed E-state index contributed by atoms with van der Waals surface area (Å²) in [5.41, 5.74) is 0.580. The van der Waals surface area contributed by atoms with Gasteiger partial charge < -0.3 is 9.73 Å². The summed E-state index contributed by atoms with van der Waals surface area (Å²) in [4.78, 5) is 16.6. The first-order chi connectivity index (χ1) is 10.4. The second-order valence-corrected chi connectivity index (χ2v) is 6.96. The summed E-state index contributed by atoms with van der Waals surface area (Å²) < 4.78 is 5.60. The van der Waals surface area contributed by atoms with E-state index < -0.39 is 10.8 Å². The number of nitriles is 1. The molecule has 0 fully saturated rings. The van der Waals surface area contributed by atoms with E-state index in [-0.39, 0.29) is 11.8 Å². The van der Waals surface area contributed by atoms with Gasteiger partial charge in [0.05, 0.1) is 11.3 Å². The maximum absolute atomic E-state index is 12.3. The first-order valence-corrected chi connectivity index (χ1v) is 7.99. The molecule has 2 atom stereocenters. The number of para-hydroxylation sites is 2. The quantitative estimate of drug-likeness (QED) is 0.855. The fourth-order valence-electron chi connectivity index (χ4n) is 1.77. The van der Waals surface area contributed by atoms with Gasteiger partial charge in [0.25, 0.3) is 5.22 Å². The van der Waals surface area contributed by atoms with Crippen molar-refractivity contribution in [3.63, 3.8) is 0 Å². The Bertz CT molecular complexity index is 686. The van der Waals surface area contributed by atoms with Crippen molar-refractivity contribution in [3.8, 4) is 6.07 Å². The number of oxazole rings is 1. The normalized spacial score (nSPS) is 15.3. The van der Waals surface area contributed by atoms with Crippen LogP contribution in [0.1, 0.15) is 27.7 Å². The van der Waals surface area contributed by atoms with Crippen LogP contribution in [0.4, 0.5) is 0 Å². The van der Waals surface area contributed by atoms with Gasteiger partial charge in [0.2, 0.25) is 5.91 Å². The van der Waals surface area contributed by atoms with Gasteiger partial charge in [0.1, 0.15) is 11.1 Å². The van der Waals surface area contributed by atoms with Crippen molar-refractivity contribution in [1.82, 2.24) is 10.3 Å². The van der Waals surface area contributed by atoms with Crippen LogP contribution in [0.15, 0.2) is 33.9 Å². The summed E-state index contributed by atoms with van der Waals surface area (Å²) in [5, 5.41) is 12.1. The number of carbonyl (C=O) groups is 1. The second-order valence-electron chi connectivity index (χ2n) is 5.67. The maximum atomic E-state index is 12.3. The van der Waals surface area contributed by atoms with Gasteiger partial charge in [-0.1, -0.05) is 37.7 Å². The SMILES string of the molecule is CC(C)[C@](C)(C#N)NC(=O)[C@@H](C)Sc1nc2ccccc2o1. The van der Waals surface area contributed by atoms with Crippen molar-refractivity contribution in [2.24, 2.45) is 5.92 Å². The van der Waals surface area contributed by atoms with Gasteiger partial charge in [-0.05, 0) is 31.9 Å². The fraction of sp³-hybridized carbons (Fsp3) is 0.438. The number of hydrogen-bond acceptors (Lipinski definition) is 5. The van der Waals surface area contributed by atoms with Gasteiger partial charge in [0, 0.05) is 0 Å². The zero-order valence-corrected chi connectivity index (χ0v) is 13.9. The molecular weight excluding hydrogens is 298 g/mol. The minimum atomic E-state index is -0.882. The predicted octanol–water partition coefficient (Wildman–Crippen LogP) is 3.36. The van der Waals surface area contributed by atoms with Crippen LogP contribution >= 0.6 is 11.8 Å². The van der Waals surface area contributed by atoms with E-state index in [1.807, 2.05) is 38.1 Å². The van der Waals surface area contributed by atoms with Crippen molar-refractivity contribution in [2.75, 3.05) is 0 Å². The molecule has 1 aromatic heterocycles. The van der Waals surface area contributed by atoms with Crippen LogP contribution in [0.5, 0.6) is 0 Å². The minimum absolute atomic E-state index is 0.0166. The van der Waals surface area contributed by atoms with E-state index in [4.69, 9.17) is 4.42 Å². The zero-order chi connectivity index (χ0) is 16.3. The lowest BCUT2D eigenvalue weighted by Gasteiger charge is -2.28. The Morgan fingerprint density at radius 2 is 2.09 bits per heavy atom. The van der Waals surface area contributed by atoms with E-state index in [1.54, 1.807) is 13.8 Å². The maximum Gasteiger partial charge on any atom is 0.257 e. The smallest absolute Gasteiger partial charge is 0.257 e. The Labute approximate surface area is 134 Å². The fourth-order valence-corrected chi connectivity index (χ4v) is 2.52. The van der Waals surface area contributed by atoms with Gasteiger partial charge in [0.15, 0.2) is 5.58 Å². The number of nitrogens with one attached hydrogen (secondary N) is 1. The van der Waals surface area contributed by atoms with Crippen molar-refractivity contribution in [3.05, 3.63) is 24.3 Å². The molecule has 0 saturated heterocycles. The van der Waals surface area contributed by atoms with Crippen LogP contribution in [-0.2, 0) is 4.79 Å². The van der Waals surface area contributed by atoms with E-state index in [2.05, 4.69) is 16.4 Å². The van der Waals surface area contributed by atoms with Crippen LogP contribution in [-0.4, -0.2) is 21.7 Å². The Morgan fingerprint density at radius 1 is 1.41 bits per heavy atom. The topological polar surface area (TPSA) is 78.9 Å². The van der Waals surface area contributed by atoms with Gasteiger partial charge >= 0.3 is 0 Å². The number of benzene rings is 1. The second kappa shape index (κ2) is 6.41. The first kappa shape index (κ1) is 16.4. The molecule has 0 bridgehead atoms. The Kier molecular flexibility index (Phi) is 4.77. The zero-order valence-electron chi connectivity index (χ0n) is 13.1. The number of hydrogen-bond donors (Lipinski definition) is 1. The van der Waals surface area contributed by atoms with Gasteiger partial charge in [-0.15, -0.1) is 0 Å². The van der Waals surface area contributed by atoms with E-state index in [0.29, 0.717) is 10.8 Å². The number of amides is 1. The predicted molar refractivity (Wildman–Crippen MR) is 86.3 cm³/mol. The molecule has 0 saturated carbocycles. The molecule has 1 amide bonds. The molecular formula is C16H19N3O2S. The Hall–Kier alpha value is -2.00. The Morgan fingerprint density at radius 3 is 2.68 bits per heavy atom. The molecule has 1 aromatic carbocycles. The van der Waals surface area contributed by atoms with Crippen molar-refractivity contribution in [1.29, 1.82) is 5.26 Å². The lowest BCUT2D eigenvalue weighted by Crippen LogP contribution is -2.51. The molecule has 22 heavy (non-hydrogen) atoms. The standard InChI is InChI=1S/C16H19N3O2S/c1-10(2)16(4,9-17)19-14(20)11(3)22-15-18-12-7-5-6-8-13(12)21-15/h5-8,10-11H,1-4H3,(H,19,20)/t11-,16+/m1/s1. The average Bonchev–Trinajstić information content (AvgIpc) is 2.88. The van der Waals surface area contributed by atoms with Crippen LogP contribution in [0.25, 0.3) is 11.1 Å². The number of fused-ring (bicyclic) bond motifs is 1.